The van der Waals surface area contributed by atoms with E-state index in [1.54, 1.807) is 0 Å². The van der Waals surface area contributed by atoms with E-state index in [0.717, 1.165) is 26.3 Å². The number of hydrogen-bond acceptors (Lipinski definition) is 1. The lowest BCUT2D eigenvalue weighted by Gasteiger charge is -2.08. The maximum Gasteiger partial charge on any atom is 0.0608 e. The summed E-state index contributed by atoms with van der Waals surface area (Å²) in [5, 5.41) is 4.05. The summed E-state index contributed by atoms with van der Waals surface area (Å²) in [6.45, 7) is 3.47. The van der Waals surface area contributed by atoms with E-state index in [9.17, 15) is 0 Å². The first-order chi connectivity index (χ1) is 3.00. The molecule has 2 nitrogen and oxygen atoms in total. The predicted octanol–water partition coefficient (Wildman–Crippen LogP) is -0.379. The van der Waals surface area contributed by atoms with Crippen LogP contribution in [-0.2, 0) is 4.74 Å². The Morgan fingerprint density at radius 1 is 1.17 bits per heavy atom. The van der Waals surface area contributed by atoms with Crippen LogP contribution in [0, 0.1) is 0 Å². The molecule has 35 valence electrons. The second-order valence-electron chi connectivity index (χ2n) is 1.28. The smallest absolute Gasteiger partial charge is 0.0608 e. The summed E-state index contributed by atoms with van der Waals surface area (Å²) < 4.78 is 4.98. The normalized spacial score (nSPS) is 24.0. The van der Waals surface area contributed by atoms with Crippen LogP contribution in [-0.4, -0.2) is 26.3 Å². The predicted molar refractivity (Wildman–Crippen MR) is 22.7 cm³/mol. The quantitative estimate of drug-likeness (QED) is 0.394. The first kappa shape index (κ1) is 4.09. The van der Waals surface area contributed by atoms with Crippen LogP contribution in [0.5, 0.6) is 0 Å². The fourth-order valence-corrected chi connectivity index (χ4v) is 0.472. The minimum absolute atomic E-state index is 0.833. The highest BCUT2D eigenvalue weighted by Crippen LogP contribution is 1.79. The molecule has 0 saturated carbocycles. The van der Waals surface area contributed by atoms with E-state index in [0.29, 0.717) is 0 Å². The van der Waals surface area contributed by atoms with Crippen molar-refractivity contribution in [3.63, 3.8) is 0 Å². The minimum atomic E-state index is 0.833. The Labute approximate surface area is 37.5 Å². The van der Waals surface area contributed by atoms with Crippen LogP contribution in [0.15, 0.2) is 0 Å². The van der Waals surface area contributed by atoms with Gasteiger partial charge in [0.15, 0.2) is 0 Å². The number of hydrogen-bond donors (Lipinski definition) is 0. The second-order valence-corrected chi connectivity index (χ2v) is 1.28. The average molecular weight is 86.1 g/mol. The summed E-state index contributed by atoms with van der Waals surface area (Å²) in [6, 6.07) is 0. The van der Waals surface area contributed by atoms with Crippen LogP contribution in [0.25, 0.3) is 0 Å². The first-order valence-electron chi connectivity index (χ1n) is 2.21. The molecule has 0 unspecified atom stereocenters. The molecule has 0 atom stereocenters. The Bertz CT molecular complexity index is 23.0. The van der Waals surface area contributed by atoms with E-state index in [1.165, 1.54) is 0 Å². The lowest BCUT2D eigenvalue weighted by molar-refractivity contribution is 0.107. The summed E-state index contributed by atoms with van der Waals surface area (Å²) in [6.07, 6.45) is 0. The van der Waals surface area contributed by atoms with E-state index in [1.807, 2.05) is 0 Å². The summed E-state index contributed by atoms with van der Waals surface area (Å²) >= 11 is 0. The number of ether oxygens (including phenoxy) is 1. The van der Waals surface area contributed by atoms with Crippen LogP contribution in [0.1, 0.15) is 0 Å². The molecular formula is C4H8NO. The second kappa shape index (κ2) is 2.16. The minimum Gasteiger partial charge on any atom is -0.379 e. The van der Waals surface area contributed by atoms with Crippen LogP contribution in [0.2, 0.25) is 0 Å². The highest BCUT2D eigenvalue weighted by Gasteiger charge is 1.94. The highest BCUT2D eigenvalue weighted by atomic mass is 16.5. The third-order valence-corrected chi connectivity index (χ3v) is 0.787. The fraction of sp³-hybridized carbons (Fsp3) is 1.00. The summed E-state index contributed by atoms with van der Waals surface area (Å²) in [7, 11) is 0. The van der Waals surface area contributed by atoms with Gasteiger partial charge in [-0.3, -0.25) is 0 Å². The highest BCUT2D eigenvalue weighted by molar-refractivity contribution is 4.48. The van der Waals surface area contributed by atoms with Gasteiger partial charge >= 0.3 is 0 Å². The topological polar surface area (TPSA) is 23.3 Å². The van der Waals surface area contributed by atoms with Gasteiger partial charge in [-0.1, -0.05) is 0 Å². The molecule has 0 aromatic carbocycles. The van der Waals surface area contributed by atoms with Gasteiger partial charge in [-0.2, -0.15) is 0 Å². The number of morpholine rings is 1. The molecule has 0 aliphatic carbocycles. The molecule has 1 rings (SSSR count). The summed E-state index contributed by atoms with van der Waals surface area (Å²) in [5.41, 5.74) is 0. The average Bonchev–Trinajstić information content (AvgIpc) is 1.72. The van der Waals surface area contributed by atoms with Crippen molar-refractivity contribution in [2.24, 2.45) is 0 Å². The van der Waals surface area contributed by atoms with Crippen molar-refractivity contribution >= 4 is 0 Å². The van der Waals surface area contributed by atoms with Gasteiger partial charge in [0.25, 0.3) is 0 Å². The largest absolute Gasteiger partial charge is 0.379 e. The standard InChI is InChI=1S/C4H8NO/c1-3-6-4-2-5-1/h1-4H2. The molecule has 1 aliphatic rings. The molecule has 1 aliphatic heterocycles. The third kappa shape index (κ3) is 0.954. The molecule has 0 spiro atoms. The number of rotatable bonds is 0. The van der Waals surface area contributed by atoms with Gasteiger partial charge in [0.2, 0.25) is 0 Å². The Morgan fingerprint density at radius 3 is 2.00 bits per heavy atom. The van der Waals surface area contributed by atoms with Gasteiger partial charge in [-0.15, -0.1) is 0 Å². The molecule has 1 heterocycles. The maximum absolute atomic E-state index is 4.98. The van der Waals surface area contributed by atoms with Gasteiger partial charge in [0, 0.05) is 13.1 Å². The van der Waals surface area contributed by atoms with Gasteiger partial charge < -0.3 is 4.74 Å². The van der Waals surface area contributed by atoms with Gasteiger partial charge in [-0.05, 0) is 0 Å². The zero-order chi connectivity index (χ0) is 4.24. The van der Waals surface area contributed by atoms with Crippen molar-refractivity contribution in [1.82, 2.24) is 5.32 Å². The van der Waals surface area contributed by atoms with Crippen LogP contribution < -0.4 is 5.32 Å². The van der Waals surface area contributed by atoms with Crippen molar-refractivity contribution in [2.45, 2.75) is 0 Å². The Morgan fingerprint density at radius 2 is 1.83 bits per heavy atom. The molecule has 0 aromatic heterocycles. The molecule has 6 heavy (non-hydrogen) atoms. The Hall–Kier alpha value is -0.0800. The van der Waals surface area contributed by atoms with Crippen molar-refractivity contribution in [3.8, 4) is 0 Å². The van der Waals surface area contributed by atoms with Crippen molar-refractivity contribution < 1.29 is 4.74 Å². The lowest BCUT2D eigenvalue weighted by Crippen LogP contribution is -2.24. The zero-order valence-corrected chi connectivity index (χ0v) is 3.68. The van der Waals surface area contributed by atoms with Crippen molar-refractivity contribution in [2.75, 3.05) is 26.3 Å². The SMILES string of the molecule is C1COCC[N]1. The summed E-state index contributed by atoms with van der Waals surface area (Å²) in [4.78, 5) is 0. The van der Waals surface area contributed by atoms with Crippen LogP contribution in [0.4, 0.5) is 0 Å². The van der Waals surface area contributed by atoms with Crippen LogP contribution in [0.3, 0.4) is 0 Å². The van der Waals surface area contributed by atoms with E-state index >= 15 is 0 Å². The summed E-state index contributed by atoms with van der Waals surface area (Å²) in [5.74, 6) is 0. The first-order valence-corrected chi connectivity index (χ1v) is 2.21. The van der Waals surface area contributed by atoms with Gasteiger partial charge in [0.05, 0.1) is 13.2 Å². The fourth-order valence-electron chi connectivity index (χ4n) is 0.472. The van der Waals surface area contributed by atoms with E-state index in [4.69, 9.17) is 4.74 Å². The molecule has 1 fully saturated rings. The lowest BCUT2D eigenvalue weighted by atomic mass is 10.5. The van der Waals surface area contributed by atoms with E-state index < -0.39 is 0 Å². The van der Waals surface area contributed by atoms with Gasteiger partial charge in [-0.25, -0.2) is 5.32 Å². The molecule has 1 saturated heterocycles. The van der Waals surface area contributed by atoms with E-state index in [-0.39, 0.29) is 0 Å². The van der Waals surface area contributed by atoms with E-state index in [2.05, 4.69) is 5.32 Å². The Kier molecular flexibility index (Phi) is 1.47. The van der Waals surface area contributed by atoms with Crippen molar-refractivity contribution in [3.05, 3.63) is 0 Å². The monoisotopic (exact) mass is 86.1 g/mol. The molecule has 0 aromatic rings. The third-order valence-electron chi connectivity index (χ3n) is 0.787. The molecule has 0 amide bonds. The zero-order valence-electron chi connectivity index (χ0n) is 3.68. The number of nitrogens with zero attached hydrogens (tertiary/aromatic N) is 1. The van der Waals surface area contributed by atoms with Gasteiger partial charge in [0.1, 0.15) is 0 Å². The molecular weight excluding hydrogens is 78.0 g/mol. The Balaban J connectivity index is 2.00. The maximum atomic E-state index is 4.98. The van der Waals surface area contributed by atoms with Crippen molar-refractivity contribution in [1.29, 1.82) is 0 Å². The molecule has 0 N–H and O–H groups in total. The molecule has 0 bridgehead atoms. The molecule has 2 heteroatoms. The van der Waals surface area contributed by atoms with Crippen LogP contribution >= 0.6 is 0 Å². The molecule has 1 radical (unpaired) electrons.